The Morgan fingerprint density at radius 1 is 0.652 bits per heavy atom. The van der Waals surface area contributed by atoms with Crippen LogP contribution in [0.25, 0.3) is 0 Å². The van der Waals surface area contributed by atoms with Gasteiger partial charge in [-0.2, -0.15) is 0 Å². The first kappa shape index (κ1) is 20.8. The van der Waals surface area contributed by atoms with Crippen LogP contribution in [0.15, 0.2) is 0 Å². The molecule has 1 rings (SSSR count). The van der Waals surface area contributed by atoms with Crippen molar-refractivity contribution in [1.82, 2.24) is 0 Å². The Bertz CT molecular complexity index is 235. The highest BCUT2D eigenvalue weighted by molar-refractivity contribution is 4.66. The zero-order valence-electron chi connectivity index (χ0n) is 14.6. The van der Waals surface area contributed by atoms with Gasteiger partial charge in [0.05, 0.1) is 66.1 Å². The first-order valence-electron chi connectivity index (χ1n) is 8.93. The summed E-state index contributed by atoms with van der Waals surface area (Å²) >= 11 is 0. The van der Waals surface area contributed by atoms with E-state index >= 15 is 0 Å². The fraction of sp³-hybridized carbons (Fsp3) is 1.00. The zero-order valence-corrected chi connectivity index (χ0v) is 14.6. The normalized spacial score (nSPS) is 16.8. The standard InChI is InChI=1S/C17H34O6/c1-2-3-4-5-6-18-7-8-19-9-10-20-11-12-21-13-14-22-15-17-16-23-17/h17H,2-16H2,1H3. The SMILES string of the molecule is CCCCCCOCCOCCOCCOCCOCC1CO1. The summed E-state index contributed by atoms with van der Waals surface area (Å²) in [6.07, 6.45) is 5.29. The monoisotopic (exact) mass is 334 g/mol. The lowest BCUT2D eigenvalue weighted by Crippen LogP contribution is -2.14. The van der Waals surface area contributed by atoms with E-state index in [0.717, 1.165) is 19.6 Å². The molecule has 0 aromatic carbocycles. The molecule has 1 unspecified atom stereocenters. The van der Waals surface area contributed by atoms with E-state index in [-0.39, 0.29) is 0 Å². The van der Waals surface area contributed by atoms with Gasteiger partial charge in [-0.3, -0.25) is 0 Å². The quantitative estimate of drug-likeness (QED) is 0.266. The van der Waals surface area contributed by atoms with Crippen LogP contribution in [0.4, 0.5) is 0 Å². The second kappa shape index (κ2) is 16.6. The molecular formula is C17H34O6. The summed E-state index contributed by atoms with van der Waals surface area (Å²) in [4.78, 5) is 0. The number of epoxide rings is 1. The fourth-order valence-corrected chi connectivity index (χ4v) is 1.89. The largest absolute Gasteiger partial charge is 0.379 e. The van der Waals surface area contributed by atoms with Gasteiger partial charge in [-0.1, -0.05) is 26.2 Å². The smallest absolute Gasteiger partial charge is 0.104 e. The highest BCUT2D eigenvalue weighted by atomic mass is 16.6. The van der Waals surface area contributed by atoms with Gasteiger partial charge in [-0.15, -0.1) is 0 Å². The molecule has 0 radical (unpaired) electrons. The molecule has 6 nitrogen and oxygen atoms in total. The molecule has 1 heterocycles. The summed E-state index contributed by atoms with van der Waals surface area (Å²) in [5.41, 5.74) is 0. The van der Waals surface area contributed by atoms with E-state index in [1.54, 1.807) is 0 Å². The van der Waals surface area contributed by atoms with Crippen LogP contribution in [-0.2, 0) is 28.4 Å². The first-order valence-corrected chi connectivity index (χ1v) is 8.93. The molecule has 0 aromatic rings. The molecule has 1 saturated heterocycles. The molecule has 0 amide bonds. The number of rotatable bonds is 19. The van der Waals surface area contributed by atoms with E-state index < -0.39 is 0 Å². The van der Waals surface area contributed by atoms with Gasteiger partial charge in [0.2, 0.25) is 0 Å². The summed E-state index contributed by atoms with van der Waals surface area (Å²) < 4.78 is 32.1. The summed E-state index contributed by atoms with van der Waals surface area (Å²) in [6, 6.07) is 0. The highest BCUT2D eigenvalue weighted by Crippen LogP contribution is 2.07. The van der Waals surface area contributed by atoms with Gasteiger partial charge in [0.25, 0.3) is 0 Å². The third-order valence-electron chi connectivity index (χ3n) is 3.34. The van der Waals surface area contributed by atoms with Gasteiger partial charge in [-0.05, 0) is 6.42 Å². The molecule has 23 heavy (non-hydrogen) atoms. The molecule has 6 heteroatoms. The van der Waals surface area contributed by atoms with Crippen LogP contribution in [-0.4, -0.2) is 78.8 Å². The van der Waals surface area contributed by atoms with Crippen LogP contribution < -0.4 is 0 Å². The molecule has 0 N–H and O–H groups in total. The molecule has 1 aliphatic rings. The average molecular weight is 334 g/mol. The van der Waals surface area contributed by atoms with Crippen molar-refractivity contribution in [3.05, 3.63) is 0 Å². The number of hydrogen-bond acceptors (Lipinski definition) is 6. The Morgan fingerprint density at radius 2 is 1.13 bits per heavy atom. The van der Waals surface area contributed by atoms with Crippen LogP contribution in [0.5, 0.6) is 0 Å². The number of ether oxygens (including phenoxy) is 6. The fourth-order valence-electron chi connectivity index (χ4n) is 1.89. The second-order valence-electron chi connectivity index (χ2n) is 5.54. The van der Waals surface area contributed by atoms with Gasteiger partial charge in [0.15, 0.2) is 0 Å². The number of hydrogen-bond donors (Lipinski definition) is 0. The van der Waals surface area contributed by atoms with Crippen LogP contribution in [0, 0.1) is 0 Å². The minimum absolute atomic E-state index is 0.324. The summed E-state index contributed by atoms with van der Waals surface area (Å²) in [5, 5.41) is 0. The van der Waals surface area contributed by atoms with Crippen LogP contribution >= 0.6 is 0 Å². The molecule has 0 saturated carbocycles. The maximum Gasteiger partial charge on any atom is 0.104 e. The van der Waals surface area contributed by atoms with Gasteiger partial charge in [0.1, 0.15) is 6.10 Å². The maximum absolute atomic E-state index is 5.49. The van der Waals surface area contributed by atoms with E-state index in [9.17, 15) is 0 Å². The minimum atomic E-state index is 0.324. The Labute approximate surface area is 140 Å². The Hall–Kier alpha value is -0.240. The molecule has 0 spiro atoms. The van der Waals surface area contributed by atoms with Crippen molar-refractivity contribution >= 4 is 0 Å². The van der Waals surface area contributed by atoms with Gasteiger partial charge >= 0.3 is 0 Å². The zero-order chi connectivity index (χ0) is 16.4. The lowest BCUT2D eigenvalue weighted by atomic mass is 10.2. The molecule has 0 bridgehead atoms. The van der Waals surface area contributed by atoms with E-state index in [4.69, 9.17) is 28.4 Å². The summed E-state index contributed by atoms with van der Waals surface area (Å²) in [6.45, 7) is 9.45. The molecule has 0 aromatic heterocycles. The van der Waals surface area contributed by atoms with E-state index in [0.29, 0.717) is 65.6 Å². The molecule has 1 aliphatic heterocycles. The molecular weight excluding hydrogens is 300 g/mol. The van der Waals surface area contributed by atoms with Gasteiger partial charge < -0.3 is 28.4 Å². The maximum atomic E-state index is 5.49. The molecule has 138 valence electrons. The van der Waals surface area contributed by atoms with E-state index in [1.807, 2.05) is 0 Å². The van der Waals surface area contributed by atoms with Gasteiger partial charge in [0, 0.05) is 6.61 Å². The van der Waals surface area contributed by atoms with Crippen molar-refractivity contribution in [2.45, 2.75) is 38.7 Å². The molecule has 0 aliphatic carbocycles. The molecule has 1 fully saturated rings. The van der Waals surface area contributed by atoms with Crippen LogP contribution in [0.3, 0.4) is 0 Å². The third kappa shape index (κ3) is 16.4. The number of unbranched alkanes of at least 4 members (excludes halogenated alkanes) is 3. The van der Waals surface area contributed by atoms with E-state index in [2.05, 4.69) is 6.92 Å². The summed E-state index contributed by atoms with van der Waals surface area (Å²) in [5.74, 6) is 0. The lowest BCUT2D eigenvalue weighted by molar-refractivity contribution is -0.0120. The highest BCUT2D eigenvalue weighted by Gasteiger charge is 2.21. The first-order chi connectivity index (χ1) is 11.4. The van der Waals surface area contributed by atoms with Crippen molar-refractivity contribution in [3.63, 3.8) is 0 Å². The van der Waals surface area contributed by atoms with Crippen molar-refractivity contribution in [2.24, 2.45) is 0 Å². The predicted molar refractivity (Wildman–Crippen MR) is 88.0 cm³/mol. The van der Waals surface area contributed by atoms with E-state index in [1.165, 1.54) is 19.3 Å². The van der Waals surface area contributed by atoms with Crippen molar-refractivity contribution < 1.29 is 28.4 Å². The predicted octanol–water partition coefficient (Wildman–Crippen LogP) is 2.05. The topological polar surface area (TPSA) is 58.7 Å². The Balaban J connectivity index is 1.59. The second-order valence-corrected chi connectivity index (χ2v) is 5.54. The molecule has 1 atom stereocenters. The van der Waals surface area contributed by atoms with Gasteiger partial charge in [-0.25, -0.2) is 0 Å². The van der Waals surface area contributed by atoms with Crippen molar-refractivity contribution in [2.75, 3.05) is 72.7 Å². The minimum Gasteiger partial charge on any atom is -0.379 e. The van der Waals surface area contributed by atoms with Crippen LogP contribution in [0.2, 0.25) is 0 Å². The summed E-state index contributed by atoms with van der Waals surface area (Å²) in [7, 11) is 0. The van der Waals surface area contributed by atoms with Crippen molar-refractivity contribution in [1.29, 1.82) is 0 Å². The Morgan fingerprint density at radius 3 is 1.61 bits per heavy atom. The van der Waals surface area contributed by atoms with Crippen molar-refractivity contribution in [3.8, 4) is 0 Å². The lowest BCUT2D eigenvalue weighted by Gasteiger charge is -2.07. The average Bonchev–Trinajstić information content (AvgIpc) is 3.38. The Kier molecular flexibility index (Phi) is 15.0. The third-order valence-corrected chi connectivity index (χ3v) is 3.34. The van der Waals surface area contributed by atoms with Crippen LogP contribution in [0.1, 0.15) is 32.6 Å².